The van der Waals surface area contributed by atoms with E-state index in [9.17, 15) is 0 Å². The van der Waals surface area contributed by atoms with E-state index in [1.807, 2.05) is 0 Å². The number of rotatable bonds is 2. The summed E-state index contributed by atoms with van der Waals surface area (Å²) in [7, 11) is 0. The molecule has 1 aromatic carbocycles. The Kier molecular flexibility index (Phi) is 4.16. The van der Waals surface area contributed by atoms with Gasteiger partial charge in [-0.15, -0.1) is 0 Å². The van der Waals surface area contributed by atoms with Gasteiger partial charge in [-0.3, -0.25) is 0 Å². The Morgan fingerprint density at radius 3 is 2.35 bits per heavy atom. The summed E-state index contributed by atoms with van der Waals surface area (Å²) in [4.78, 5) is 0. The minimum Gasteiger partial charge on any atom is -0.316 e. The SMILES string of the molecule is CC1(C)CCCC(c2ccccc2C2CCCNC2)C1. The number of hydrogen-bond donors (Lipinski definition) is 1. The second-order valence-corrected chi connectivity index (χ2v) is 7.63. The van der Waals surface area contributed by atoms with Gasteiger partial charge in [0.05, 0.1) is 0 Å². The van der Waals surface area contributed by atoms with Gasteiger partial charge in [0.25, 0.3) is 0 Å². The van der Waals surface area contributed by atoms with Crippen molar-refractivity contribution >= 4 is 0 Å². The van der Waals surface area contributed by atoms with Crippen LogP contribution in [0.1, 0.15) is 75.3 Å². The predicted molar refractivity (Wildman–Crippen MR) is 86.3 cm³/mol. The third kappa shape index (κ3) is 3.09. The van der Waals surface area contributed by atoms with E-state index in [1.54, 1.807) is 11.1 Å². The molecule has 2 aliphatic rings. The van der Waals surface area contributed by atoms with Crippen LogP contribution in [-0.4, -0.2) is 13.1 Å². The van der Waals surface area contributed by atoms with Gasteiger partial charge >= 0.3 is 0 Å². The Morgan fingerprint density at radius 2 is 1.70 bits per heavy atom. The van der Waals surface area contributed by atoms with Crippen LogP contribution in [0, 0.1) is 5.41 Å². The largest absolute Gasteiger partial charge is 0.316 e. The van der Waals surface area contributed by atoms with E-state index in [-0.39, 0.29) is 0 Å². The molecule has 3 rings (SSSR count). The first-order valence-corrected chi connectivity index (χ1v) is 8.45. The topological polar surface area (TPSA) is 12.0 Å². The first-order valence-electron chi connectivity index (χ1n) is 8.45. The van der Waals surface area contributed by atoms with E-state index in [1.165, 1.54) is 51.6 Å². The summed E-state index contributed by atoms with van der Waals surface area (Å²) in [5, 5.41) is 3.58. The van der Waals surface area contributed by atoms with Crippen LogP contribution in [0.3, 0.4) is 0 Å². The first kappa shape index (κ1) is 14.1. The van der Waals surface area contributed by atoms with E-state index < -0.39 is 0 Å². The zero-order chi connectivity index (χ0) is 14.0. The zero-order valence-corrected chi connectivity index (χ0v) is 13.1. The van der Waals surface area contributed by atoms with Crippen LogP contribution in [0.2, 0.25) is 0 Å². The van der Waals surface area contributed by atoms with Crippen molar-refractivity contribution < 1.29 is 0 Å². The normalized spacial score (nSPS) is 30.1. The average molecular weight is 271 g/mol. The molecule has 1 aromatic rings. The van der Waals surface area contributed by atoms with Crippen LogP contribution in [0.5, 0.6) is 0 Å². The molecule has 0 radical (unpaired) electrons. The molecule has 1 saturated carbocycles. The highest BCUT2D eigenvalue weighted by atomic mass is 14.9. The van der Waals surface area contributed by atoms with E-state index in [0.29, 0.717) is 5.41 Å². The minimum atomic E-state index is 0.529. The highest BCUT2D eigenvalue weighted by Crippen LogP contribution is 2.45. The number of hydrogen-bond acceptors (Lipinski definition) is 1. The monoisotopic (exact) mass is 271 g/mol. The van der Waals surface area contributed by atoms with Crippen LogP contribution >= 0.6 is 0 Å². The van der Waals surface area contributed by atoms with Crippen LogP contribution < -0.4 is 5.32 Å². The van der Waals surface area contributed by atoms with Crippen LogP contribution in [0.25, 0.3) is 0 Å². The fourth-order valence-electron chi connectivity index (χ4n) is 4.34. The van der Waals surface area contributed by atoms with Crippen molar-refractivity contribution in [3.63, 3.8) is 0 Å². The lowest BCUT2D eigenvalue weighted by Crippen LogP contribution is -2.29. The highest BCUT2D eigenvalue weighted by molar-refractivity contribution is 5.34. The van der Waals surface area contributed by atoms with Crippen LogP contribution in [0.4, 0.5) is 0 Å². The van der Waals surface area contributed by atoms with E-state index in [0.717, 1.165) is 11.8 Å². The molecule has 110 valence electrons. The highest BCUT2D eigenvalue weighted by Gasteiger charge is 2.31. The van der Waals surface area contributed by atoms with Gasteiger partial charge in [-0.25, -0.2) is 0 Å². The van der Waals surface area contributed by atoms with Gasteiger partial charge in [0.15, 0.2) is 0 Å². The Hall–Kier alpha value is -0.820. The molecule has 0 bridgehead atoms. The molecule has 0 amide bonds. The summed E-state index contributed by atoms with van der Waals surface area (Å²) in [5.41, 5.74) is 3.83. The molecular weight excluding hydrogens is 242 g/mol. The fourth-order valence-corrected chi connectivity index (χ4v) is 4.34. The van der Waals surface area contributed by atoms with Gasteiger partial charge in [-0.05, 0) is 67.0 Å². The summed E-state index contributed by atoms with van der Waals surface area (Å²) in [6, 6.07) is 9.29. The summed E-state index contributed by atoms with van der Waals surface area (Å²) in [5.74, 6) is 1.53. The number of nitrogens with one attached hydrogen (secondary N) is 1. The van der Waals surface area contributed by atoms with Crippen molar-refractivity contribution in [3.8, 4) is 0 Å². The second kappa shape index (κ2) is 5.89. The van der Waals surface area contributed by atoms with Gasteiger partial charge in [0, 0.05) is 6.54 Å². The molecule has 1 aliphatic heterocycles. The lowest BCUT2D eigenvalue weighted by atomic mass is 9.68. The summed E-state index contributed by atoms with van der Waals surface area (Å²) >= 11 is 0. The van der Waals surface area contributed by atoms with Crippen molar-refractivity contribution in [1.82, 2.24) is 5.32 Å². The van der Waals surface area contributed by atoms with Crippen molar-refractivity contribution in [1.29, 1.82) is 0 Å². The molecule has 1 nitrogen and oxygen atoms in total. The zero-order valence-electron chi connectivity index (χ0n) is 13.1. The van der Waals surface area contributed by atoms with Crippen molar-refractivity contribution in [2.24, 2.45) is 5.41 Å². The van der Waals surface area contributed by atoms with Crippen molar-refractivity contribution in [2.45, 2.75) is 64.2 Å². The van der Waals surface area contributed by atoms with Gasteiger partial charge in [-0.1, -0.05) is 44.5 Å². The Morgan fingerprint density at radius 1 is 1.00 bits per heavy atom. The molecule has 1 N–H and O–H groups in total. The summed E-state index contributed by atoms with van der Waals surface area (Å²) in [6.45, 7) is 7.27. The molecule has 2 fully saturated rings. The molecule has 0 spiro atoms. The number of piperidine rings is 1. The summed E-state index contributed by atoms with van der Waals surface area (Å²) < 4.78 is 0. The lowest BCUT2D eigenvalue weighted by molar-refractivity contribution is 0.218. The Balaban J connectivity index is 1.85. The summed E-state index contributed by atoms with van der Waals surface area (Å²) in [6.07, 6.45) is 8.24. The third-order valence-electron chi connectivity index (χ3n) is 5.38. The second-order valence-electron chi connectivity index (χ2n) is 7.63. The van der Waals surface area contributed by atoms with Gasteiger partial charge in [0.1, 0.15) is 0 Å². The first-order chi connectivity index (χ1) is 9.66. The van der Waals surface area contributed by atoms with Gasteiger partial charge in [0.2, 0.25) is 0 Å². The molecule has 1 saturated heterocycles. The maximum atomic E-state index is 3.58. The molecule has 1 heterocycles. The van der Waals surface area contributed by atoms with E-state index in [4.69, 9.17) is 0 Å². The smallest absolute Gasteiger partial charge is 0.00202 e. The van der Waals surface area contributed by atoms with Crippen molar-refractivity contribution in [2.75, 3.05) is 13.1 Å². The molecular formula is C19H29N. The van der Waals surface area contributed by atoms with Crippen LogP contribution in [0.15, 0.2) is 24.3 Å². The standard InChI is InChI=1S/C19H29N/c1-19(2)11-5-7-15(13-19)17-9-3-4-10-18(17)16-8-6-12-20-14-16/h3-4,9-10,15-16,20H,5-8,11-14H2,1-2H3. The number of benzene rings is 1. The van der Waals surface area contributed by atoms with E-state index >= 15 is 0 Å². The molecule has 0 aromatic heterocycles. The van der Waals surface area contributed by atoms with E-state index in [2.05, 4.69) is 43.4 Å². The third-order valence-corrected chi connectivity index (χ3v) is 5.38. The quantitative estimate of drug-likeness (QED) is 0.811. The minimum absolute atomic E-state index is 0.529. The maximum Gasteiger partial charge on any atom is 0.00202 e. The predicted octanol–water partition coefficient (Wildman–Crippen LogP) is 4.84. The molecule has 1 heteroatoms. The molecule has 2 unspecified atom stereocenters. The molecule has 2 atom stereocenters. The molecule has 20 heavy (non-hydrogen) atoms. The maximum absolute atomic E-state index is 3.58. The Labute approximate surface area is 124 Å². The Bertz CT molecular complexity index is 443. The fraction of sp³-hybridized carbons (Fsp3) is 0.684. The van der Waals surface area contributed by atoms with Gasteiger partial charge in [-0.2, -0.15) is 0 Å². The van der Waals surface area contributed by atoms with Gasteiger partial charge < -0.3 is 5.32 Å². The van der Waals surface area contributed by atoms with Crippen LogP contribution in [-0.2, 0) is 0 Å². The lowest BCUT2D eigenvalue weighted by Gasteiger charge is -2.37. The molecule has 1 aliphatic carbocycles. The average Bonchev–Trinajstić information content (AvgIpc) is 2.47. The van der Waals surface area contributed by atoms with Crippen molar-refractivity contribution in [3.05, 3.63) is 35.4 Å².